The van der Waals surface area contributed by atoms with Gasteiger partial charge in [-0.1, -0.05) is 0 Å². The molecule has 3 N–H and O–H groups in total. The zero-order chi connectivity index (χ0) is 14.3. The largest absolute Gasteiger partial charge is 0.480 e. The number of aliphatic hydroxyl groups excluding tert-OH is 1. The molecule has 0 aromatic rings. The Labute approximate surface area is 111 Å². The number of methoxy groups -OCH3 is 1. The Morgan fingerprint density at radius 1 is 1.37 bits per heavy atom. The second kappa shape index (κ2) is 7.93. The summed E-state index contributed by atoms with van der Waals surface area (Å²) < 4.78 is 9.95. The van der Waals surface area contributed by atoms with Gasteiger partial charge in [0.2, 0.25) is 0 Å². The molecule has 1 fully saturated rings. The summed E-state index contributed by atoms with van der Waals surface area (Å²) in [4.78, 5) is 23.8. The number of β-amino-alcohol motifs (C(OH)–C–C–N with tert-alkyl or cyclic N) is 1. The summed E-state index contributed by atoms with van der Waals surface area (Å²) in [5.41, 5.74) is 0. The smallest absolute Gasteiger partial charge is 0.326 e. The van der Waals surface area contributed by atoms with E-state index in [1.165, 1.54) is 0 Å². The predicted molar refractivity (Wildman–Crippen MR) is 64.8 cm³/mol. The van der Waals surface area contributed by atoms with Crippen molar-refractivity contribution in [1.29, 1.82) is 0 Å². The zero-order valence-electron chi connectivity index (χ0n) is 10.9. The highest BCUT2D eigenvalue weighted by molar-refractivity contribution is 5.83. The van der Waals surface area contributed by atoms with Crippen LogP contribution in [-0.2, 0) is 14.3 Å². The van der Waals surface area contributed by atoms with E-state index in [1.807, 2.05) is 0 Å². The van der Waals surface area contributed by atoms with E-state index in [-0.39, 0.29) is 19.5 Å². The van der Waals surface area contributed by atoms with Gasteiger partial charge in [-0.3, -0.25) is 0 Å². The summed E-state index contributed by atoms with van der Waals surface area (Å²) in [6, 6.07) is -1.47. The lowest BCUT2D eigenvalue weighted by molar-refractivity contribution is -0.141. The van der Waals surface area contributed by atoms with Crippen LogP contribution < -0.4 is 5.32 Å². The van der Waals surface area contributed by atoms with Crippen molar-refractivity contribution >= 4 is 12.0 Å². The van der Waals surface area contributed by atoms with Gasteiger partial charge in [-0.25, -0.2) is 9.59 Å². The van der Waals surface area contributed by atoms with Crippen molar-refractivity contribution < 1.29 is 29.3 Å². The van der Waals surface area contributed by atoms with E-state index in [0.717, 1.165) is 4.90 Å². The molecule has 1 aliphatic heterocycles. The molecule has 110 valence electrons. The Bertz CT molecular complexity index is 312. The van der Waals surface area contributed by atoms with Crippen LogP contribution in [0, 0.1) is 0 Å². The lowest BCUT2D eigenvalue weighted by Crippen LogP contribution is -2.46. The summed E-state index contributed by atoms with van der Waals surface area (Å²) in [5.74, 6) is -1.11. The van der Waals surface area contributed by atoms with Crippen LogP contribution in [0.15, 0.2) is 0 Å². The highest BCUT2D eigenvalue weighted by Crippen LogP contribution is 2.17. The third-order valence-electron chi connectivity index (χ3n) is 2.78. The highest BCUT2D eigenvalue weighted by atomic mass is 16.5. The number of aliphatic hydroxyl groups is 1. The molecule has 1 saturated heterocycles. The first-order valence-electron chi connectivity index (χ1n) is 6.08. The maximum absolute atomic E-state index is 11.8. The van der Waals surface area contributed by atoms with Crippen LogP contribution in [0.2, 0.25) is 0 Å². The molecule has 0 radical (unpaired) electrons. The number of ether oxygens (including phenoxy) is 2. The summed E-state index contributed by atoms with van der Waals surface area (Å²) >= 11 is 0. The minimum absolute atomic E-state index is 0.0351. The maximum atomic E-state index is 11.8. The monoisotopic (exact) mass is 276 g/mol. The van der Waals surface area contributed by atoms with Gasteiger partial charge in [-0.2, -0.15) is 0 Å². The first kappa shape index (κ1) is 15.7. The summed E-state index contributed by atoms with van der Waals surface area (Å²) in [6.07, 6.45) is -0.725. The number of urea groups is 1. The molecule has 2 atom stereocenters. The molecule has 1 rings (SSSR count). The lowest BCUT2D eigenvalue weighted by atomic mass is 10.2. The zero-order valence-corrected chi connectivity index (χ0v) is 10.9. The number of carboxylic acids is 1. The van der Waals surface area contributed by atoms with Crippen molar-refractivity contribution in [3.63, 3.8) is 0 Å². The van der Waals surface area contributed by atoms with Gasteiger partial charge >= 0.3 is 12.0 Å². The topological polar surface area (TPSA) is 108 Å². The van der Waals surface area contributed by atoms with E-state index in [4.69, 9.17) is 14.6 Å². The van der Waals surface area contributed by atoms with Gasteiger partial charge in [-0.05, 0) is 0 Å². The number of carbonyl (C=O) groups is 2. The van der Waals surface area contributed by atoms with E-state index in [0.29, 0.717) is 19.8 Å². The number of hydrogen-bond donors (Lipinski definition) is 3. The van der Waals surface area contributed by atoms with E-state index in [1.54, 1.807) is 7.11 Å². The van der Waals surface area contributed by atoms with Crippen LogP contribution in [0.1, 0.15) is 6.42 Å². The number of aliphatic carboxylic acids is 1. The molecule has 0 aromatic carbocycles. The molecule has 0 aromatic heterocycles. The van der Waals surface area contributed by atoms with Crippen LogP contribution in [-0.4, -0.2) is 79.3 Å². The van der Waals surface area contributed by atoms with Gasteiger partial charge in [0.15, 0.2) is 0 Å². The first-order valence-corrected chi connectivity index (χ1v) is 6.08. The average Bonchev–Trinajstić information content (AvgIpc) is 2.76. The van der Waals surface area contributed by atoms with E-state index in [9.17, 15) is 14.7 Å². The van der Waals surface area contributed by atoms with Crippen LogP contribution in [0.3, 0.4) is 0 Å². The molecule has 0 aliphatic carbocycles. The van der Waals surface area contributed by atoms with Crippen LogP contribution in [0.4, 0.5) is 4.79 Å². The second-order valence-corrected chi connectivity index (χ2v) is 4.23. The standard InChI is InChI=1S/C11H20N2O6/c1-18-4-5-19-3-2-12-11(17)13-7-8(14)6-9(13)10(15)16/h8-9,14H,2-7H2,1H3,(H,12,17)(H,15,16)/t8-,9-/m0/s1. The minimum atomic E-state index is -1.11. The molecule has 2 amide bonds. The summed E-state index contributed by atoms with van der Waals surface area (Å²) in [5, 5.41) is 20.9. The molecule has 0 saturated carbocycles. The van der Waals surface area contributed by atoms with Crippen LogP contribution >= 0.6 is 0 Å². The number of hydrogen-bond acceptors (Lipinski definition) is 5. The van der Waals surface area contributed by atoms with Crippen molar-refractivity contribution in [2.24, 2.45) is 0 Å². The molecule has 0 spiro atoms. The van der Waals surface area contributed by atoms with Crippen LogP contribution in [0.25, 0.3) is 0 Å². The van der Waals surface area contributed by atoms with E-state index in [2.05, 4.69) is 5.32 Å². The van der Waals surface area contributed by atoms with Gasteiger partial charge < -0.3 is 29.9 Å². The molecule has 19 heavy (non-hydrogen) atoms. The second-order valence-electron chi connectivity index (χ2n) is 4.23. The normalized spacial score (nSPS) is 22.5. The fourth-order valence-corrected chi connectivity index (χ4v) is 1.85. The number of likely N-dealkylation sites (tertiary alicyclic amines) is 1. The number of carbonyl (C=O) groups excluding carboxylic acids is 1. The lowest BCUT2D eigenvalue weighted by Gasteiger charge is -2.21. The SMILES string of the molecule is COCCOCCNC(=O)N1C[C@@H](O)C[C@H]1C(=O)O. The summed E-state index contributed by atoms with van der Waals surface area (Å²) in [6.45, 7) is 1.55. The number of amides is 2. The number of nitrogens with zero attached hydrogens (tertiary/aromatic N) is 1. The molecular formula is C11H20N2O6. The molecular weight excluding hydrogens is 256 g/mol. The van der Waals surface area contributed by atoms with Crippen molar-refractivity contribution in [2.75, 3.05) is 40.0 Å². The quantitative estimate of drug-likeness (QED) is 0.508. The van der Waals surface area contributed by atoms with Crippen molar-refractivity contribution in [3.8, 4) is 0 Å². The average molecular weight is 276 g/mol. The van der Waals surface area contributed by atoms with Crippen molar-refractivity contribution in [2.45, 2.75) is 18.6 Å². The molecule has 1 aliphatic rings. The molecule has 8 heteroatoms. The van der Waals surface area contributed by atoms with Gasteiger partial charge in [0.25, 0.3) is 0 Å². The third kappa shape index (κ3) is 5.01. The molecule has 0 bridgehead atoms. The number of rotatable bonds is 7. The number of nitrogens with one attached hydrogen (secondary N) is 1. The van der Waals surface area contributed by atoms with Gasteiger partial charge in [0.1, 0.15) is 6.04 Å². The van der Waals surface area contributed by atoms with Gasteiger partial charge in [0.05, 0.1) is 25.9 Å². The third-order valence-corrected chi connectivity index (χ3v) is 2.78. The maximum Gasteiger partial charge on any atom is 0.326 e. The van der Waals surface area contributed by atoms with E-state index < -0.39 is 24.1 Å². The fourth-order valence-electron chi connectivity index (χ4n) is 1.85. The van der Waals surface area contributed by atoms with Crippen molar-refractivity contribution in [1.82, 2.24) is 10.2 Å². The summed E-state index contributed by atoms with van der Waals surface area (Å²) in [7, 11) is 1.57. The molecule has 1 heterocycles. The molecule has 0 unspecified atom stereocenters. The first-order chi connectivity index (χ1) is 9.06. The molecule has 8 nitrogen and oxygen atoms in total. The van der Waals surface area contributed by atoms with Crippen molar-refractivity contribution in [3.05, 3.63) is 0 Å². The Morgan fingerprint density at radius 3 is 2.74 bits per heavy atom. The Hall–Kier alpha value is -1.38. The van der Waals surface area contributed by atoms with E-state index >= 15 is 0 Å². The van der Waals surface area contributed by atoms with Crippen LogP contribution in [0.5, 0.6) is 0 Å². The Morgan fingerprint density at radius 2 is 2.11 bits per heavy atom. The fraction of sp³-hybridized carbons (Fsp3) is 0.818. The Balaban J connectivity index is 2.26. The minimum Gasteiger partial charge on any atom is -0.480 e. The van der Waals surface area contributed by atoms with Gasteiger partial charge in [0, 0.05) is 26.6 Å². The highest BCUT2D eigenvalue weighted by Gasteiger charge is 2.38. The van der Waals surface area contributed by atoms with Gasteiger partial charge in [-0.15, -0.1) is 0 Å². The Kier molecular flexibility index (Phi) is 6.54. The number of carboxylic acid groups (broad SMARTS) is 1. The predicted octanol–water partition coefficient (Wildman–Crippen LogP) is -1.12.